The minimum atomic E-state index is -0.00856. The Morgan fingerprint density at radius 2 is 2.25 bits per heavy atom. The molecule has 0 spiro atoms. The lowest BCUT2D eigenvalue weighted by Crippen LogP contribution is -1.94. The second kappa shape index (κ2) is 3.05. The van der Waals surface area contributed by atoms with Gasteiger partial charge in [0.2, 0.25) is 0 Å². The standard InChI is InChI=1S/C9H9ClO2/c10-9-2-1-6-4-12-5-8(6)7(9)3-11/h1-2,11H,3-5H2. The van der Waals surface area contributed by atoms with Gasteiger partial charge in [0.15, 0.2) is 0 Å². The minimum Gasteiger partial charge on any atom is -0.392 e. The van der Waals surface area contributed by atoms with Gasteiger partial charge < -0.3 is 9.84 Å². The summed E-state index contributed by atoms with van der Waals surface area (Å²) >= 11 is 5.89. The summed E-state index contributed by atoms with van der Waals surface area (Å²) in [5, 5.41) is 9.67. The van der Waals surface area contributed by atoms with E-state index in [9.17, 15) is 0 Å². The van der Waals surface area contributed by atoms with Crippen LogP contribution in [-0.2, 0) is 24.6 Å². The average molecular weight is 185 g/mol. The van der Waals surface area contributed by atoms with Gasteiger partial charge in [-0.3, -0.25) is 0 Å². The fourth-order valence-corrected chi connectivity index (χ4v) is 1.70. The van der Waals surface area contributed by atoms with Crippen molar-refractivity contribution in [3.05, 3.63) is 33.8 Å². The molecular weight excluding hydrogens is 176 g/mol. The van der Waals surface area contributed by atoms with Gasteiger partial charge in [0.05, 0.1) is 19.8 Å². The monoisotopic (exact) mass is 184 g/mol. The highest BCUT2D eigenvalue weighted by Gasteiger charge is 2.16. The van der Waals surface area contributed by atoms with Crippen LogP contribution in [0.2, 0.25) is 5.02 Å². The molecule has 1 aliphatic rings. The third-order valence-corrected chi connectivity index (χ3v) is 2.49. The zero-order chi connectivity index (χ0) is 8.55. The molecule has 0 radical (unpaired) electrons. The van der Waals surface area contributed by atoms with E-state index in [4.69, 9.17) is 21.4 Å². The Balaban J connectivity index is 2.57. The zero-order valence-electron chi connectivity index (χ0n) is 6.51. The predicted octanol–water partition coefficient (Wildman–Crippen LogP) is 1.86. The smallest absolute Gasteiger partial charge is 0.0729 e. The Bertz CT molecular complexity index is 310. The normalized spacial score (nSPS) is 14.8. The Labute approximate surface area is 75.7 Å². The quantitative estimate of drug-likeness (QED) is 0.722. The maximum Gasteiger partial charge on any atom is 0.0729 e. The Kier molecular flexibility index (Phi) is 2.05. The van der Waals surface area contributed by atoms with Crippen molar-refractivity contribution in [3.8, 4) is 0 Å². The highest BCUT2D eigenvalue weighted by Crippen LogP contribution is 2.28. The number of rotatable bonds is 1. The Morgan fingerprint density at radius 1 is 1.42 bits per heavy atom. The molecule has 1 aromatic rings. The summed E-state index contributed by atoms with van der Waals surface area (Å²) in [6, 6.07) is 3.75. The summed E-state index contributed by atoms with van der Waals surface area (Å²) in [6.07, 6.45) is 0. The van der Waals surface area contributed by atoms with Crippen LogP contribution >= 0.6 is 11.6 Å². The molecule has 0 saturated carbocycles. The predicted molar refractivity (Wildman–Crippen MR) is 45.9 cm³/mol. The van der Waals surface area contributed by atoms with Crippen LogP contribution in [0.15, 0.2) is 12.1 Å². The summed E-state index contributed by atoms with van der Waals surface area (Å²) in [5.74, 6) is 0. The van der Waals surface area contributed by atoms with Crippen molar-refractivity contribution in [2.75, 3.05) is 0 Å². The second-order valence-corrected chi connectivity index (χ2v) is 3.22. The van der Waals surface area contributed by atoms with Crippen LogP contribution in [0.25, 0.3) is 0 Å². The molecule has 2 nitrogen and oxygen atoms in total. The SMILES string of the molecule is OCc1c(Cl)ccc2c1COC2. The van der Waals surface area contributed by atoms with Crippen LogP contribution in [-0.4, -0.2) is 5.11 Å². The van der Waals surface area contributed by atoms with E-state index in [0.29, 0.717) is 18.2 Å². The molecule has 0 fully saturated rings. The first kappa shape index (κ1) is 8.05. The van der Waals surface area contributed by atoms with Crippen LogP contribution in [0.3, 0.4) is 0 Å². The first-order valence-corrected chi connectivity index (χ1v) is 4.18. The fraction of sp³-hybridized carbons (Fsp3) is 0.333. The van der Waals surface area contributed by atoms with Gasteiger partial charge in [0.1, 0.15) is 0 Å². The van der Waals surface area contributed by atoms with Gasteiger partial charge in [0, 0.05) is 10.6 Å². The lowest BCUT2D eigenvalue weighted by molar-refractivity contribution is 0.133. The number of hydrogen-bond acceptors (Lipinski definition) is 2. The van der Waals surface area contributed by atoms with Gasteiger partial charge in [0.25, 0.3) is 0 Å². The molecule has 0 bridgehead atoms. The summed E-state index contributed by atoms with van der Waals surface area (Å²) in [5.41, 5.74) is 3.01. The van der Waals surface area contributed by atoms with Crippen molar-refractivity contribution in [1.29, 1.82) is 0 Å². The van der Waals surface area contributed by atoms with Gasteiger partial charge in [-0.1, -0.05) is 17.7 Å². The van der Waals surface area contributed by atoms with Gasteiger partial charge >= 0.3 is 0 Å². The number of fused-ring (bicyclic) bond motifs is 1. The van der Waals surface area contributed by atoms with Gasteiger partial charge in [-0.15, -0.1) is 0 Å². The van der Waals surface area contributed by atoms with Crippen LogP contribution in [0.1, 0.15) is 16.7 Å². The van der Waals surface area contributed by atoms with E-state index in [0.717, 1.165) is 16.7 Å². The maximum absolute atomic E-state index is 9.04. The zero-order valence-corrected chi connectivity index (χ0v) is 7.27. The molecule has 0 saturated heterocycles. The van der Waals surface area contributed by atoms with Crippen molar-refractivity contribution in [1.82, 2.24) is 0 Å². The molecule has 64 valence electrons. The summed E-state index contributed by atoms with van der Waals surface area (Å²) < 4.78 is 5.24. The molecule has 0 aliphatic carbocycles. The first-order chi connectivity index (χ1) is 5.83. The van der Waals surface area contributed by atoms with Crippen molar-refractivity contribution in [2.24, 2.45) is 0 Å². The van der Waals surface area contributed by atoms with Gasteiger partial charge in [-0.2, -0.15) is 0 Å². The number of halogens is 1. The fourth-order valence-electron chi connectivity index (χ4n) is 1.46. The summed E-state index contributed by atoms with van der Waals surface area (Å²) in [6.45, 7) is 1.21. The van der Waals surface area contributed by atoms with Crippen LogP contribution in [0.5, 0.6) is 0 Å². The van der Waals surface area contributed by atoms with E-state index >= 15 is 0 Å². The van der Waals surface area contributed by atoms with E-state index in [1.807, 2.05) is 6.07 Å². The first-order valence-electron chi connectivity index (χ1n) is 3.80. The van der Waals surface area contributed by atoms with Crippen molar-refractivity contribution in [2.45, 2.75) is 19.8 Å². The van der Waals surface area contributed by atoms with Gasteiger partial charge in [-0.25, -0.2) is 0 Å². The molecule has 0 atom stereocenters. The molecule has 1 N–H and O–H groups in total. The third-order valence-electron chi connectivity index (χ3n) is 2.13. The lowest BCUT2D eigenvalue weighted by atomic mass is 10.0. The molecule has 0 aromatic heterocycles. The topological polar surface area (TPSA) is 29.5 Å². The van der Waals surface area contributed by atoms with Crippen molar-refractivity contribution >= 4 is 11.6 Å². The molecule has 2 rings (SSSR count). The Morgan fingerprint density at radius 3 is 3.00 bits per heavy atom. The van der Waals surface area contributed by atoms with Crippen LogP contribution in [0.4, 0.5) is 0 Å². The number of aliphatic hydroxyl groups excluding tert-OH is 1. The van der Waals surface area contributed by atoms with Crippen molar-refractivity contribution in [3.63, 3.8) is 0 Å². The number of ether oxygens (including phenoxy) is 1. The lowest BCUT2D eigenvalue weighted by Gasteiger charge is -2.05. The number of aliphatic hydroxyl groups is 1. The van der Waals surface area contributed by atoms with E-state index in [2.05, 4.69) is 0 Å². The van der Waals surface area contributed by atoms with E-state index in [1.54, 1.807) is 6.07 Å². The highest BCUT2D eigenvalue weighted by atomic mass is 35.5. The van der Waals surface area contributed by atoms with E-state index in [1.165, 1.54) is 0 Å². The molecule has 0 amide bonds. The molecule has 1 aromatic carbocycles. The van der Waals surface area contributed by atoms with E-state index < -0.39 is 0 Å². The molecule has 1 aliphatic heterocycles. The maximum atomic E-state index is 9.04. The van der Waals surface area contributed by atoms with Gasteiger partial charge in [-0.05, 0) is 17.2 Å². The third kappa shape index (κ3) is 1.12. The summed E-state index contributed by atoms with van der Waals surface area (Å²) in [4.78, 5) is 0. The molecular formula is C9H9ClO2. The largest absolute Gasteiger partial charge is 0.392 e. The molecule has 3 heteroatoms. The highest BCUT2D eigenvalue weighted by molar-refractivity contribution is 6.31. The summed E-state index contributed by atoms with van der Waals surface area (Å²) in [7, 11) is 0. The molecule has 12 heavy (non-hydrogen) atoms. The number of hydrogen-bond donors (Lipinski definition) is 1. The average Bonchev–Trinajstić information content (AvgIpc) is 2.52. The van der Waals surface area contributed by atoms with Crippen LogP contribution < -0.4 is 0 Å². The minimum absolute atomic E-state index is 0.00856. The second-order valence-electron chi connectivity index (χ2n) is 2.81. The Hall–Kier alpha value is -0.570. The van der Waals surface area contributed by atoms with E-state index in [-0.39, 0.29) is 6.61 Å². The molecule has 1 heterocycles. The molecule has 0 unspecified atom stereocenters. The number of benzene rings is 1. The van der Waals surface area contributed by atoms with Crippen LogP contribution in [0, 0.1) is 0 Å². The van der Waals surface area contributed by atoms with Crippen molar-refractivity contribution < 1.29 is 9.84 Å².